The number of anilines is 6. The van der Waals surface area contributed by atoms with Crippen molar-refractivity contribution >= 4 is 44.9 Å². The topological polar surface area (TPSA) is 6.48 Å². The van der Waals surface area contributed by atoms with Crippen LogP contribution in [-0.2, 0) is 10.8 Å². The predicted octanol–water partition coefficient (Wildman–Crippen LogP) is 35.6. The van der Waals surface area contributed by atoms with Crippen LogP contribution in [0.2, 0.25) is 0 Å². The molecule has 0 saturated heterocycles. The van der Waals surface area contributed by atoms with Gasteiger partial charge in [0.05, 0.1) is 0 Å². The maximum atomic E-state index is 2.54. The molecule has 19 aromatic carbocycles. The van der Waals surface area contributed by atoms with Crippen molar-refractivity contribution < 1.29 is 0 Å². The van der Waals surface area contributed by atoms with E-state index in [0.29, 0.717) is 0 Å². The number of fused-ring (bicyclic) bond motifs is 7. The molecule has 0 atom stereocenters. The average Bonchev–Trinajstić information content (AvgIpc) is 1.50. The van der Waals surface area contributed by atoms with Crippen LogP contribution < -0.4 is 9.80 Å². The first-order valence-electron chi connectivity index (χ1n) is 49.1. The second-order valence-corrected chi connectivity index (χ2v) is 39.8. The Kier molecular flexibility index (Phi) is 19.7. The third kappa shape index (κ3) is 13.8. The molecule has 134 heavy (non-hydrogen) atoms. The van der Waals surface area contributed by atoms with Gasteiger partial charge in [-0.05, 0) is 363 Å². The van der Waals surface area contributed by atoms with Crippen LogP contribution in [0.25, 0.3) is 144 Å². The number of benzene rings is 19. The van der Waals surface area contributed by atoms with Gasteiger partial charge in [0, 0.05) is 45.0 Å². The van der Waals surface area contributed by atoms with E-state index < -0.39 is 0 Å². The van der Waals surface area contributed by atoms with E-state index in [4.69, 9.17) is 0 Å². The second-order valence-electron chi connectivity index (χ2n) is 39.8. The smallest absolute Gasteiger partial charge is 0.0462 e. The minimum atomic E-state index is 0.221. The number of rotatable bonds is 16. The zero-order valence-electron chi connectivity index (χ0n) is 75.5. The summed E-state index contributed by atoms with van der Waals surface area (Å²) in [4.78, 5) is 4.71. The Hall–Kier alpha value is -15.0. The average molecular weight is 1720 g/mol. The molecule has 2 heteroatoms. The fourth-order valence-electron chi connectivity index (χ4n) is 27.2. The first kappa shape index (κ1) is 79.9. The van der Waals surface area contributed by atoms with Crippen LogP contribution in [0.3, 0.4) is 0 Å². The molecule has 8 bridgehead atoms. The largest absolute Gasteiger partial charge is 0.311 e. The first-order valence-corrected chi connectivity index (χ1v) is 49.1. The number of nitrogens with zero attached hydrogens (tertiary/aromatic N) is 2. The van der Waals surface area contributed by atoms with Gasteiger partial charge in [0.1, 0.15) is 0 Å². The number of hydrogen-bond donors (Lipinski definition) is 0. The molecule has 2 nitrogen and oxygen atoms in total. The quantitative estimate of drug-likeness (QED) is 0.0951. The van der Waals surface area contributed by atoms with Gasteiger partial charge in [-0.1, -0.05) is 376 Å². The van der Waals surface area contributed by atoms with Crippen molar-refractivity contribution in [3.63, 3.8) is 0 Å². The van der Waals surface area contributed by atoms with Crippen molar-refractivity contribution in [3.05, 3.63) is 483 Å². The van der Waals surface area contributed by atoms with E-state index in [-0.39, 0.29) is 10.8 Å². The lowest BCUT2D eigenvalue weighted by atomic mass is 9.43. The maximum Gasteiger partial charge on any atom is 0.0462 e. The molecule has 29 rings (SSSR count). The van der Waals surface area contributed by atoms with E-state index in [1.165, 1.54) is 209 Å². The van der Waals surface area contributed by atoms with Crippen LogP contribution in [0.4, 0.5) is 34.1 Å². The highest BCUT2D eigenvalue weighted by atomic mass is 15.1. The summed E-state index contributed by atoms with van der Waals surface area (Å²) >= 11 is 0. The Bertz CT molecular complexity index is 7430. The van der Waals surface area contributed by atoms with E-state index in [2.05, 4.69) is 471 Å². The molecule has 0 radical (unpaired) electrons. The van der Waals surface area contributed by atoms with Crippen LogP contribution >= 0.6 is 0 Å². The van der Waals surface area contributed by atoms with E-state index >= 15 is 0 Å². The molecule has 8 saturated carbocycles. The molecule has 8 fully saturated rings. The lowest BCUT2D eigenvalue weighted by Crippen LogP contribution is -2.55. The van der Waals surface area contributed by atoms with Crippen LogP contribution in [0, 0.1) is 47.3 Å². The molecule has 0 N–H and O–H groups in total. The third-order valence-electron chi connectivity index (χ3n) is 32.8. The number of hydrogen-bond acceptors (Lipinski definition) is 2. The summed E-state index contributed by atoms with van der Waals surface area (Å²) < 4.78 is 0. The molecule has 0 unspecified atom stereocenters. The molecule has 2 spiro atoms. The zero-order valence-corrected chi connectivity index (χ0v) is 75.5. The fraction of sp³-hybridized carbons (Fsp3) is 0.152. The molecule has 0 aliphatic heterocycles. The Balaban J connectivity index is 0.000000140. The SMILES string of the molecule is c1ccc(-c2ccc(N(c3ccc(-c4ccc(-c5ccc(-c6ccc7c(c6)-c6ccccc6C76C7CC8CC(C7)CC6C8)cc5)cc4)cc3)c3ccc(-c4cccc5ccccc45)cc3)cc2)cc1.c1ccc(-c2ccc(N(c3ccc(-c4ccccc4)cc3)c3ccc(-c4ccc(-c5ccc(-c6ccc7c(c6)-c6ccccc6C76C7CC8CC(C7)CC6C8)cc5)cc4)cc3)cc2)cc1. The molecular formula is C132H104N2. The highest BCUT2D eigenvalue weighted by Gasteiger charge is 2.63. The van der Waals surface area contributed by atoms with Crippen LogP contribution in [0.1, 0.15) is 86.5 Å². The summed E-state index contributed by atoms with van der Waals surface area (Å²) in [6, 6.07) is 171. The lowest BCUT2D eigenvalue weighted by molar-refractivity contribution is -0.0399. The first-order chi connectivity index (χ1) is 66.3. The van der Waals surface area contributed by atoms with Crippen molar-refractivity contribution in [3.8, 4) is 134 Å². The Labute approximate surface area is 788 Å². The highest BCUT2D eigenvalue weighted by molar-refractivity contribution is 5.98. The molecule has 19 aromatic rings. The van der Waals surface area contributed by atoms with Crippen molar-refractivity contribution in [1.29, 1.82) is 0 Å². The Morgan fingerprint density at radius 1 is 0.149 bits per heavy atom. The fourth-order valence-corrected chi connectivity index (χ4v) is 27.2. The summed E-state index contributed by atoms with van der Waals surface area (Å²) in [5.41, 5.74) is 44.3. The maximum absolute atomic E-state index is 2.54. The van der Waals surface area contributed by atoms with E-state index in [0.717, 1.165) is 81.5 Å². The predicted molar refractivity (Wildman–Crippen MR) is 561 cm³/mol. The Morgan fingerprint density at radius 2 is 0.358 bits per heavy atom. The van der Waals surface area contributed by atoms with Gasteiger partial charge in [0.15, 0.2) is 0 Å². The van der Waals surface area contributed by atoms with Crippen LogP contribution in [0.15, 0.2) is 461 Å². The summed E-state index contributed by atoms with van der Waals surface area (Å²) in [6.07, 6.45) is 14.4. The van der Waals surface area contributed by atoms with Gasteiger partial charge in [-0.2, -0.15) is 0 Å². The molecule has 0 aromatic heterocycles. The van der Waals surface area contributed by atoms with E-state index in [9.17, 15) is 0 Å². The van der Waals surface area contributed by atoms with Gasteiger partial charge in [-0.3, -0.25) is 0 Å². The van der Waals surface area contributed by atoms with Gasteiger partial charge in [0.25, 0.3) is 0 Å². The molecule has 0 amide bonds. The van der Waals surface area contributed by atoms with Crippen LogP contribution in [-0.4, -0.2) is 0 Å². The van der Waals surface area contributed by atoms with Gasteiger partial charge in [0.2, 0.25) is 0 Å². The van der Waals surface area contributed by atoms with Gasteiger partial charge >= 0.3 is 0 Å². The molecule has 0 heterocycles. The molecular weight excluding hydrogens is 1610 g/mol. The lowest BCUT2D eigenvalue weighted by Gasteiger charge is -2.61. The zero-order chi connectivity index (χ0) is 88.4. The highest BCUT2D eigenvalue weighted by Crippen LogP contribution is 2.72. The van der Waals surface area contributed by atoms with E-state index in [1.54, 1.807) is 22.3 Å². The van der Waals surface area contributed by atoms with Crippen molar-refractivity contribution in [2.75, 3.05) is 9.80 Å². The molecule has 10 aliphatic rings. The van der Waals surface area contributed by atoms with Gasteiger partial charge in [-0.25, -0.2) is 0 Å². The standard InChI is InChI=1S/C68H53N.C64H51N/c1-2-9-47(10-3-1)51-25-32-59(33-26-51)69(61-36-29-55(30-37-61)63-15-8-12-54-11-4-5-13-62(54)63)60-34-27-52(28-35-60)50-19-17-48(18-20-50)49-21-23-53(24-22-49)56-31-38-67-65(44-56)64-14-6-7-16-66(64)68(67)57-40-45-39-46(42-57)43-58(68)41-45;1-3-9-45(10-4-1)50-23-30-57(31-24-50)65(58-32-25-51(26-33-58)46-11-5-2-6-12-46)59-34-27-52(28-35-59)49-17-15-47(16-18-49)48-19-21-53(22-20-48)54-29-36-63-61(42-54)60-13-7-8-14-62(60)64(63)55-38-43-37-44(40-55)41-56(64)39-43/h1-38,44-46,57-58H,39-43H2;1-36,42-44,55-56H,37-41H2. The monoisotopic (exact) mass is 1720 g/mol. The van der Waals surface area contributed by atoms with E-state index in [1.807, 2.05) is 0 Å². The minimum Gasteiger partial charge on any atom is -0.311 e. The summed E-state index contributed by atoms with van der Waals surface area (Å²) in [5, 5.41) is 2.52. The normalized spacial score (nSPS) is 20.7. The Morgan fingerprint density at radius 3 is 0.657 bits per heavy atom. The summed E-state index contributed by atoms with van der Waals surface area (Å²) in [6.45, 7) is 0. The minimum absolute atomic E-state index is 0.221. The van der Waals surface area contributed by atoms with Crippen molar-refractivity contribution in [1.82, 2.24) is 0 Å². The summed E-state index contributed by atoms with van der Waals surface area (Å²) in [5.74, 6) is 7.02. The van der Waals surface area contributed by atoms with Crippen molar-refractivity contribution in [2.45, 2.75) is 75.0 Å². The van der Waals surface area contributed by atoms with Crippen LogP contribution in [0.5, 0.6) is 0 Å². The van der Waals surface area contributed by atoms with Gasteiger partial charge < -0.3 is 9.80 Å². The van der Waals surface area contributed by atoms with Crippen molar-refractivity contribution in [2.24, 2.45) is 47.3 Å². The molecule has 642 valence electrons. The molecule has 10 aliphatic carbocycles. The third-order valence-corrected chi connectivity index (χ3v) is 32.8. The van der Waals surface area contributed by atoms with Gasteiger partial charge in [-0.15, -0.1) is 0 Å². The second kappa shape index (κ2) is 33.1. The summed E-state index contributed by atoms with van der Waals surface area (Å²) in [7, 11) is 0.